The van der Waals surface area contributed by atoms with Gasteiger partial charge in [0.25, 0.3) is 0 Å². The van der Waals surface area contributed by atoms with Gasteiger partial charge >= 0.3 is 6.18 Å². The summed E-state index contributed by atoms with van der Waals surface area (Å²) in [6, 6.07) is 10.9. The minimum atomic E-state index is -4.51. The number of rotatable bonds is 5. The van der Waals surface area contributed by atoms with Gasteiger partial charge in [-0.05, 0) is 36.4 Å². The summed E-state index contributed by atoms with van der Waals surface area (Å²) >= 11 is 0. The van der Waals surface area contributed by atoms with Crippen molar-refractivity contribution in [3.05, 3.63) is 71.5 Å². The largest absolute Gasteiger partial charge is 0.464 e. The van der Waals surface area contributed by atoms with E-state index in [2.05, 4.69) is 0 Å². The number of hydrogen-bond donors (Lipinski definition) is 0. The highest BCUT2D eigenvalue weighted by atomic mass is 19.4. The normalized spacial score (nSPS) is 11.6. The zero-order valence-electron chi connectivity index (χ0n) is 13.0. The number of fused-ring (bicyclic) bond motifs is 1. The number of halogens is 3. The molecule has 0 spiro atoms. The van der Waals surface area contributed by atoms with Crippen molar-refractivity contribution in [3.8, 4) is 0 Å². The van der Waals surface area contributed by atoms with Crippen LogP contribution in [0.5, 0.6) is 0 Å². The molecule has 0 aliphatic heterocycles. The first-order chi connectivity index (χ1) is 11.8. The van der Waals surface area contributed by atoms with Crippen LogP contribution in [0.15, 0.2) is 59.2 Å². The third-order valence-corrected chi connectivity index (χ3v) is 3.87. The third kappa shape index (κ3) is 3.79. The predicted molar refractivity (Wildman–Crippen MR) is 85.6 cm³/mol. The molecule has 0 unspecified atom stereocenters. The van der Waals surface area contributed by atoms with Crippen molar-refractivity contribution in [2.45, 2.75) is 19.0 Å². The van der Waals surface area contributed by atoms with Gasteiger partial charge in [0.05, 0.1) is 11.8 Å². The monoisotopic (exact) mass is 346 g/mol. The molecule has 0 N–H and O–H groups in total. The van der Waals surface area contributed by atoms with E-state index < -0.39 is 17.5 Å². The summed E-state index contributed by atoms with van der Waals surface area (Å²) in [6.45, 7) is 0. The van der Waals surface area contributed by atoms with Crippen LogP contribution in [-0.2, 0) is 6.18 Å². The minimum absolute atomic E-state index is 0.0482. The molecule has 3 nitrogen and oxygen atoms in total. The summed E-state index contributed by atoms with van der Waals surface area (Å²) in [6.07, 6.45) is -3.22. The quantitative estimate of drug-likeness (QED) is 0.589. The molecule has 3 rings (SSSR count). The molecule has 6 heteroatoms. The van der Waals surface area contributed by atoms with Crippen LogP contribution in [-0.4, -0.2) is 11.6 Å². The van der Waals surface area contributed by atoms with E-state index in [-0.39, 0.29) is 24.2 Å². The number of carbonyl (C=O) groups excluding carboxylic acids is 2. The van der Waals surface area contributed by atoms with Crippen LogP contribution < -0.4 is 0 Å². The smallest absolute Gasteiger partial charge is 0.416 e. The average molecular weight is 346 g/mol. The fourth-order valence-corrected chi connectivity index (χ4v) is 2.52. The molecule has 1 heterocycles. The fourth-order valence-electron chi connectivity index (χ4n) is 2.52. The average Bonchev–Trinajstić information content (AvgIpc) is 3.06. The second kappa shape index (κ2) is 6.55. The molecule has 0 fully saturated rings. The van der Waals surface area contributed by atoms with Gasteiger partial charge in [0.2, 0.25) is 0 Å². The maximum absolute atomic E-state index is 12.7. The molecule has 3 aromatic rings. The van der Waals surface area contributed by atoms with Gasteiger partial charge in [0.15, 0.2) is 11.6 Å². The first-order valence-corrected chi connectivity index (χ1v) is 7.55. The number of hydrogen-bond acceptors (Lipinski definition) is 3. The van der Waals surface area contributed by atoms with E-state index in [0.29, 0.717) is 11.1 Å². The second-order valence-electron chi connectivity index (χ2n) is 5.60. The SMILES string of the molecule is O=C(CCC(=O)c1ccc2occc2c1)c1cccc(C(F)(F)F)c1. The lowest BCUT2D eigenvalue weighted by atomic mass is 9.99. The van der Waals surface area contributed by atoms with Crippen molar-refractivity contribution in [2.24, 2.45) is 0 Å². The molecule has 0 radical (unpaired) electrons. The molecular weight excluding hydrogens is 333 g/mol. The first-order valence-electron chi connectivity index (χ1n) is 7.55. The van der Waals surface area contributed by atoms with Crippen LogP contribution in [0.1, 0.15) is 39.1 Å². The van der Waals surface area contributed by atoms with E-state index in [1.165, 1.54) is 18.4 Å². The Morgan fingerprint density at radius 1 is 0.880 bits per heavy atom. The van der Waals surface area contributed by atoms with Gasteiger partial charge in [-0.3, -0.25) is 9.59 Å². The molecule has 25 heavy (non-hydrogen) atoms. The zero-order valence-corrected chi connectivity index (χ0v) is 13.0. The summed E-state index contributed by atoms with van der Waals surface area (Å²) in [5, 5.41) is 0.773. The number of benzene rings is 2. The highest BCUT2D eigenvalue weighted by Gasteiger charge is 2.30. The summed E-state index contributed by atoms with van der Waals surface area (Å²) in [4.78, 5) is 24.3. The Hall–Kier alpha value is -2.89. The molecule has 0 amide bonds. The molecular formula is C19H13F3O3. The molecule has 0 saturated carbocycles. The topological polar surface area (TPSA) is 47.3 Å². The van der Waals surface area contributed by atoms with E-state index in [4.69, 9.17) is 4.42 Å². The van der Waals surface area contributed by atoms with E-state index in [0.717, 1.165) is 17.5 Å². The van der Waals surface area contributed by atoms with Crippen LogP contribution in [0, 0.1) is 0 Å². The summed E-state index contributed by atoms with van der Waals surface area (Å²) in [7, 11) is 0. The third-order valence-electron chi connectivity index (χ3n) is 3.87. The van der Waals surface area contributed by atoms with Crippen molar-refractivity contribution in [2.75, 3.05) is 0 Å². The molecule has 0 aliphatic rings. The lowest BCUT2D eigenvalue weighted by Crippen LogP contribution is -2.09. The van der Waals surface area contributed by atoms with Crippen molar-refractivity contribution in [1.82, 2.24) is 0 Å². The maximum Gasteiger partial charge on any atom is 0.416 e. The first kappa shape index (κ1) is 17.0. The Kier molecular flexibility index (Phi) is 4.44. The Labute approximate surface area is 141 Å². The van der Waals surface area contributed by atoms with E-state index >= 15 is 0 Å². The molecule has 0 atom stereocenters. The second-order valence-corrected chi connectivity index (χ2v) is 5.60. The predicted octanol–water partition coefficient (Wildman–Crippen LogP) is 5.30. The van der Waals surface area contributed by atoms with Crippen LogP contribution in [0.3, 0.4) is 0 Å². The van der Waals surface area contributed by atoms with Gasteiger partial charge in [-0.15, -0.1) is 0 Å². The van der Waals surface area contributed by atoms with Gasteiger partial charge in [0.1, 0.15) is 5.58 Å². The van der Waals surface area contributed by atoms with Crippen molar-refractivity contribution in [3.63, 3.8) is 0 Å². The fraction of sp³-hybridized carbons (Fsp3) is 0.158. The maximum atomic E-state index is 12.7. The van der Waals surface area contributed by atoms with Crippen LogP contribution in [0.4, 0.5) is 13.2 Å². The Balaban J connectivity index is 1.68. The summed E-state index contributed by atoms with van der Waals surface area (Å²) < 4.78 is 43.3. The molecule has 128 valence electrons. The standard InChI is InChI=1S/C19H13F3O3/c20-19(21,22)15-3-1-2-12(11-15)16(23)5-6-17(24)13-4-7-18-14(10-13)8-9-25-18/h1-4,7-11H,5-6H2. The van der Waals surface area contributed by atoms with Gasteiger partial charge in [-0.2, -0.15) is 13.2 Å². The van der Waals surface area contributed by atoms with Crippen molar-refractivity contribution < 1.29 is 27.2 Å². The number of carbonyl (C=O) groups is 2. The molecule has 1 aromatic heterocycles. The number of Topliss-reactive ketones (excluding diaryl/α,β-unsaturated/α-hetero) is 2. The molecule has 0 aliphatic carbocycles. The van der Waals surface area contributed by atoms with E-state index in [1.807, 2.05) is 0 Å². The lowest BCUT2D eigenvalue weighted by molar-refractivity contribution is -0.137. The lowest BCUT2D eigenvalue weighted by Gasteiger charge is -2.08. The van der Waals surface area contributed by atoms with Gasteiger partial charge < -0.3 is 4.42 Å². The number of ketones is 2. The Morgan fingerprint density at radius 2 is 1.56 bits per heavy atom. The highest BCUT2D eigenvalue weighted by Crippen LogP contribution is 2.29. The highest BCUT2D eigenvalue weighted by molar-refractivity contribution is 6.03. The van der Waals surface area contributed by atoms with E-state index in [1.54, 1.807) is 24.3 Å². The van der Waals surface area contributed by atoms with Crippen LogP contribution >= 0.6 is 0 Å². The molecule has 0 saturated heterocycles. The Morgan fingerprint density at radius 3 is 2.24 bits per heavy atom. The van der Waals surface area contributed by atoms with Gasteiger partial charge in [-0.25, -0.2) is 0 Å². The summed E-state index contributed by atoms with van der Waals surface area (Å²) in [5.74, 6) is -0.743. The van der Waals surface area contributed by atoms with Gasteiger partial charge in [0, 0.05) is 29.4 Å². The van der Waals surface area contributed by atoms with Crippen LogP contribution in [0.2, 0.25) is 0 Å². The number of furan rings is 1. The number of alkyl halides is 3. The van der Waals surface area contributed by atoms with Crippen molar-refractivity contribution in [1.29, 1.82) is 0 Å². The minimum Gasteiger partial charge on any atom is -0.464 e. The Bertz CT molecular complexity index is 938. The molecule has 2 aromatic carbocycles. The molecule has 0 bridgehead atoms. The van der Waals surface area contributed by atoms with E-state index in [9.17, 15) is 22.8 Å². The zero-order chi connectivity index (χ0) is 18.0. The summed E-state index contributed by atoms with van der Waals surface area (Å²) in [5.41, 5.74) is 0.158. The van der Waals surface area contributed by atoms with Gasteiger partial charge in [-0.1, -0.05) is 12.1 Å². The van der Waals surface area contributed by atoms with Crippen molar-refractivity contribution >= 4 is 22.5 Å². The van der Waals surface area contributed by atoms with Crippen LogP contribution in [0.25, 0.3) is 11.0 Å².